The molecule has 2 aromatic rings. The first-order valence-corrected chi connectivity index (χ1v) is 6.32. The van der Waals surface area contributed by atoms with Crippen LogP contribution in [0.2, 0.25) is 0 Å². The van der Waals surface area contributed by atoms with E-state index in [1.807, 2.05) is 31.2 Å². The average molecular weight is 262 g/mol. The monoisotopic (exact) mass is 262 g/mol. The fourth-order valence-electron chi connectivity index (χ4n) is 2.28. The summed E-state index contributed by atoms with van der Waals surface area (Å²) in [6.07, 6.45) is 0.853. The lowest BCUT2D eigenvalue weighted by Crippen LogP contribution is -2.39. The molecule has 0 radical (unpaired) electrons. The van der Waals surface area contributed by atoms with Crippen LogP contribution in [0.3, 0.4) is 0 Å². The van der Waals surface area contributed by atoms with E-state index in [0.29, 0.717) is 6.54 Å². The Kier molecular flexibility index (Phi) is 3.71. The van der Waals surface area contributed by atoms with Gasteiger partial charge in [-0.3, -0.25) is 19.4 Å². The van der Waals surface area contributed by atoms with Gasteiger partial charge in [0.15, 0.2) is 0 Å². The molecule has 0 fully saturated rings. The fraction of sp³-hybridized carbons (Fsp3) is 0.385. The van der Waals surface area contributed by atoms with Gasteiger partial charge < -0.3 is 0 Å². The highest BCUT2D eigenvalue weighted by Gasteiger charge is 2.21. The van der Waals surface area contributed by atoms with Gasteiger partial charge in [0.1, 0.15) is 6.04 Å². The Bertz CT molecular complexity index is 656. The number of hydrogen-bond donors (Lipinski definition) is 2. The van der Waals surface area contributed by atoms with Crippen molar-refractivity contribution >= 4 is 16.9 Å². The van der Waals surface area contributed by atoms with Crippen LogP contribution in [-0.2, 0) is 11.3 Å². The number of hydrogen-bond acceptors (Lipinski definition) is 3. The zero-order valence-electron chi connectivity index (χ0n) is 11.1. The largest absolute Gasteiger partial charge is 0.329 e. The molecule has 0 saturated carbocycles. The van der Waals surface area contributed by atoms with E-state index in [1.165, 1.54) is 4.57 Å². The van der Waals surface area contributed by atoms with Gasteiger partial charge in [-0.2, -0.15) is 0 Å². The number of nitrogens with zero attached hydrogens (tertiary/aromatic N) is 2. The van der Waals surface area contributed by atoms with E-state index >= 15 is 0 Å². The molecule has 3 N–H and O–H groups in total. The van der Waals surface area contributed by atoms with Crippen molar-refractivity contribution in [3.8, 4) is 0 Å². The Hall–Kier alpha value is -2.08. The smallest absolute Gasteiger partial charge is 0.292 e. The van der Waals surface area contributed by atoms with Crippen molar-refractivity contribution in [3.63, 3.8) is 0 Å². The summed E-state index contributed by atoms with van der Waals surface area (Å²) in [5, 5.41) is 0. The van der Waals surface area contributed by atoms with Gasteiger partial charge in [0.05, 0.1) is 11.0 Å². The zero-order chi connectivity index (χ0) is 14.0. The lowest BCUT2D eigenvalue weighted by molar-refractivity contribution is -0.123. The number of hydrazine groups is 1. The third-order valence-corrected chi connectivity index (χ3v) is 3.23. The van der Waals surface area contributed by atoms with Gasteiger partial charge >= 0.3 is 5.69 Å². The number of fused-ring (bicyclic) bond motifs is 1. The molecule has 6 nitrogen and oxygen atoms in total. The molecule has 0 aliphatic heterocycles. The number of para-hydroxylation sites is 2. The van der Waals surface area contributed by atoms with Crippen molar-refractivity contribution in [2.45, 2.75) is 32.9 Å². The molecule has 6 heteroatoms. The van der Waals surface area contributed by atoms with Crippen LogP contribution in [0.25, 0.3) is 11.0 Å². The molecule has 102 valence electrons. The summed E-state index contributed by atoms with van der Waals surface area (Å²) in [4.78, 5) is 24.1. The molecule has 1 unspecified atom stereocenters. The van der Waals surface area contributed by atoms with Gasteiger partial charge in [-0.05, 0) is 25.5 Å². The topological polar surface area (TPSA) is 82.0 Å². The molecular formula is C13H18N4O2. The average Bonchev–Trinajstić information content (AvgIpc) is 2.71. The second-order valence-corrected chi connectivity index (χ2v) is 4.48. The Morgan fingerprint density at radius 1 is 1.37 bits per heavy atom. The van der Waals surface area contributed by atoms with E-state index < -0.39 is 6.04 Å². The SMILES string of the molecule is CCCn1c(=O)n(C(C)C(=O)NN)c2ccccc21. The third kappa shape index (κ3) is 2.15. The summed E-state index contributed by atoms with van der Waals surface area (Å²) in [6, 6.07) is 6.81. The molecule has 0 bridgehead atoms. The van der Waals surface area contributed by atoms with Crippen LogP contribution in [0.5, 0.6) is 0 Å². The summed E-state index contributed by atoms with van der Waals surface area (Å²) in [5.74, 6) is 4.76. The van der Waals surface area contributed by atoms with Gasteiger partial charge in [-0.1, -0.05) is 19.1 Å². The highest BCUT2D eigenvalue weighted by Crippen LogP contribution is 2.17. The molecular weight excluding hydrogens is 244 g/mol. The number of aryl methyl sites for hydroxylation is 1. The quantitative estimate of drug-likeness (QED) is 0.485. The minimum atomic E-state index is -0.638. The van der Waals surface area contributed by atoms with Gasteiger partial charge in [-0.25, -0.2) is 10.6 Å². The molecule has 1 aromatic heterocycles. The predicted octanol–water partition coefficient (Wildman–Crippen LogP) is 0.764. The van der Waals surface area contributed by atoms with Crippen LogP contribution in [0.15, 0.2) is 29.1 Å². The second-order valence-electron chi connectivity index (χ2n) is 4.48. The van der Waals surface area contributed by atoms with E-state index in [4.69, 9.17) is 5.84 Å². The van der Waals surface area contributed by atoms with Crippen LogP contribution >= 0.6 is 0 Å². The van der Waals surface area contributed by atoms with E-state index in [-0.39, 0.29) is 11.6 Å². The summed E-state index contributed by atoms with van der Waals surface area (Å²) in [5.41, 5.74) is 3.49. The number of aromatic nitrogens is 2. The zero-order valence-corrected chi connectivity index (χ0v) is 11.1. The highest BCUT2D eigenvalue weighted by molar-refractivity contribution is 5.83. The Balaban J connectivity index is 2.70. The number of nitrogens with one attached hydrogen (secondary N) is 1. The molecule has 2 rings (SSSR count). The highest BCUT2D eigenvalue weighted by atomic mass is 16.2. The number of benzene rings is 1. The summed E-state index contributed by atoms with van der Waals surface area (Å²) < 4.78 is 3.17. The van der Waals surface area contributed by atoms with Crippen molar-refractivity contribution in [2.24, 2.45) is 5.84 Å². The minimum Gasteiger partial charge on any atom is -0.292 e. The molecule has 1 amide bonds. The molecule has 19 heavy (non-hydrogen) atoms. The number of amides is 1. The number of carbonyl (C=O) groups is 1. The molecule has 1 atom stereocenters. The first kappa shape index (κ1) is 13.4. The van der Waals surface area contributed by atoms with Gasteiger partial charge in [0, 0.05) is 6.54 Å². The van der Waals surface area contributed by atoms with Crippen LogP contribution in [0, 0.1) is 0 Å². The van der Waals surface area contributed by atoms with Crippen molar-refractivity contribution in [1.29, 1.82) is 0 Å². The third-order valence-electron chi connectivity index (χ3n) is 3.23. The van der Waals surface area contributed by atoms with Crippen molar-refractivity contribution in [3.05, 3.63) is 34.7 Å². The molecule has 1 heterocycles. The lowest BCUT2D eigenvalue weighted by atomic mass is 10.2. The maximum Gasteiger partial charge on any atom is 0.329 e. The predicted molar refractivity (Wildman–Crippen MR) is 73.5 cm³/mol. The standard InChI is InChI=1S/C13H18N4O2/c1-3-8-16-10-6-4-5-7-11(10)17(13(16)19)9(2)12(18)15-14/h4-7,9H,3,8,14H2,1-2H3,(H,15,18). The van der Waals surface area contributed by atoms with Crippen molar-refractivity contribution < 1.29 is 4.79 Å². The van der Waals surface area contributed by atoms with Crippen LogP contribution < -0.4 is 17.0 Å². The van der Waals surface area contributed by atoms with Gasteiger partial charge in [0.25, 0.3) is 5.91 Å². The van der Waals surface area contributed by atoms with Crippen molar-refractivity contribution in [2.75, 3.05) is 0 Å². The minimum absolute atomic E-state index is 0.181. The van der Waals surface area contributed by atoms with Crippen LogP contribution in [0.1, 0.15) is 26.3 Å². The number of rotatable bonds is 4. The Morgan fingerprint density at radius 2 is 2.00 bits per heavy atom. The first-order chi connectivity index (χ1) is 9.11. The van der Waals surface area contributed by atoms with Gasteiger partial charge in [-0.15, -0.1) is 0 Å². The maximum absolute atomic E-state index is 12.4. The number of nitrogens with two attached hydrogens (primary N) is 1. The molecule has 0 saturated heterocycles. The first-order valence-electron chi connectivity index (χ1n) is 6.32. The lowest BCUT2D eigenvalue weighted by Gasteiger charge is -2.11. The Labute approximate surface area is 110 Å². The number of imidazole rings is 1. The molecule has 0 aliphatic carbocycles. The van der Waals surface area contributed by atoms with E-state index in [0.717, 1.165) is 17.5 Å². The van der Waals surface area contributed by atoms with E-state index in [2.05, 4.69) is 5.43 Å². The Morgan fingerprint density at radius 3 is 2.58 bits per heavy atom. The molecule has 0 aliphatic rings. The summed E-state index contributed by atoms with van der Waals surface area (Å²) >= 11 is 0. The van der Waals surface area contributed by atoms with Crippen molar-refractivity contribution in [1.82, 2.24) is 14.6 Å². The second kappa shape index (κ2) is 5.27. The summed E-state index contributed by atoms with van der Waals surface area (Å²) in [7, 11) is 0. The fourth-order valence-corrected chi connectivity index (χ4v) is 2.28. The van der Waals surface area contributed by atoms with Crippen LogP contribution in [-0.4, -0.2) is 15.0 Å². The normalized spacial score (nSPS) is 12.6. The maximum atomic E-state index is 12.4. The molecule has 1 aromatic carbocycles. The van der Waals surface area contributed by atoms with Gasteiger partial charge in [0.2, 0.25) is 0 Å². The van der Waals surface area contributed by atoms with E-state index in [9.17, 15) is 9.59 Å². The van der Waals surface area contributed by atoms with Crippen LogP contribution in [0.4, 0.5) is 0 Å². The summed E-state index contributed by atoms with van der Waals surface area (Å²) in [6.45, 7) is 4.30. The molecule has 0 spiro atoms. The number of carbonyl (C=O) groups excluding carboxylic acids is 1. The van der Waals surface area contributed by atoms with E-state index in [1.54, 1.807) is 11.5 Å².